The number of ether oxygens (including phenoxy) is 1. The molecule has 0 aliphatic rings. The molecule has 1 amide bonds. The van der Waals surface area contributed by atoms with Gasteiger partial charge in [0, 0.05) is 12.3 Å². The van der Waals surface area contributed by atoms with Crippen LogP contribution in [0.2, 0.25) is 0 Å². The highest BCUT2D eigenvalue weighted by Crippen LogP contribution is 2.11. The Morgan fingerprint density at radius 1 is 1.20 bits per heavy atom. The lowest BCUT2D eigenvalue weighted by Crippen LogP contribution is -2.24. The van der Waals surface area contributed by atoms with Crippen LogP contribution < -0.4 is 5.73 Å². The summed E-state index contributed by atoms with van der Waals surface area (Å²) < 4.78 is 4.84. The Bertz CT molecular complexity index is 370. The second kappa shape index (κ2) is 9.70. The molecule has 0 aliphatic heterocycles. The average molecular weight is 290 g/mol. The maximum Gasteiger partial charge on any atom is 0.306 e. The number of nitrogens with two attached hydrogens (primary N) is 1. The minimum atomic E-state index is -0.896. The van der Waals surface area contributed by atoms with E-state index in [1.807, 2.05) is 0 Å². The molecule has 0 aromatic carbocycles. The van der Waals surface area contributed by atoms with Crippen LogP contribution in [0.4, 0.5) is 0 Å². The number of primary amides is 1. The van der Waals surface area contributed by atoms with Crippen LogP contribution in [0.5, 0.6) is 0 Å². The Labute approximate surface area is 115 Å². The van der Waals surface area contributed by atoms with Crippen molar-refractivity contribution in [1.29, 1.82) is 0 Å². The highest BCUT2D eigenvalue weighted by molar-refractivity contribution is 5.88. The number of carbonyl (C=O) groups is 3. The van der Waals surface area contributed by atoms with Crippen LogP contribution in [0, 0.1) is 16.0 Å². The zero-order chi connectivity index (χ0) is 15.5. The van der Waals surface area contributed by atoms with E-state index in [9.17, 15) is 24.5 Å². The zero-order valence-corrected chi connectivity index (χ0v) is 11.2. The van der Waals surface area contributed by atoms with E-state index in [0.717, 1.165) is 0 Å². The maximum atomic E-state index is 11.4. The molecule has 0 saturated heterocycles. The summed E-state index contributed by atoms with van der Waals surface area (Å²) in [5.74, 6) is -2.34. The van der Waals surface area contributed by atoms with E-state index < -0.39 is 22.9 Å². The van der Waals surface area contributed by atoms with Gasteiger partial charge in [0.1, 0.15) is 5.78 Å². The number of hydrogen-bond donors (Lipinski definition) is 1. The van der Waals surface area contributed by atoms with E-state index in [2.05, 4.69) is 4.84 Å². The molecule has 0 aliphatic carbocycles. The van der Waals surface area contributed by atoms with Crippen LogP contribution in [-0.4, -0.2) is 36.0 Å². The molecule has 20 heavy (non-hydrogen) atoms. The zero-order valence-electron chi connectivity index (χ0n) is 11.2. The molecular weight excluding hydrogens is 272 g/mol. The normalized spacial score (nSPS) is 11.4. The fourth-order valence-electron chi connectivity index (χ4n) is 1.39. The summed E-state index contributed by atoms with van der Waals surface area (Å²) in [6, 6.07) is 0. The Balaban J connectivity index is 3.82. The SMILES string of the molecule is CC(=O)C(CC(N)=O)CC(=O)OCCCCO[N+](=O)[O-]. The lowest BCUT2D eigenvalue weighted by molar-refractivity contribution is -0.757. The largest absolute Gasteiger partial charge is 0.466 e. The molecule has 2 N–H and O–H groups in total. The molecule has 1 atom stereocenters. The van der Waals surface area contributed by atoms with Gasteiger partial charge in [-0.15, -0.1) is 10.1 Å². The van der Waals surface area contributed by atoms with Crippen molar-refractivity contribution in [2.75, 3.05) is 13.2 Å². The molecule has 0 fully saturated rings. The van der Waals surface area contributed by atoms with Gasteiger partial charge in [-0.1, -0.05) is 0 Å². The van der Waals surface area contributed by atoms with Gasteiger partial charge in [-0.25, -0.2) is 0 Å². The molecule has 0 radical (unpaired) electrons. The third-order valence-electron chi connectivity index (χ3n) is 2.43. The number of carbonyl (C=O) groups excluding carboxylic acids is 3. The molecule has 9 heteroatoms. The monoisotopic (exact) mass is 290 g/mol. The molecular formula is C11H18N2O7. The van der Waals surface area contributed by atoms with Crippen LogP contribution in [0.1, 0.15) is 32.6 Å². The molecule has 1 unspecified atom stereocenters. The second-order valence-electron chi connectivity index (χ2n) is 4.17. The van der Waals surface area contributed by atoms with Gasteiger partial charge in [0.25, 0.3) is 5.09 Å². The highest BCUT2D eigenvalue weighted by Gasteiger charge is 2.21. The minimum absolute atomic E-state index is 0.0672. The van der Waals surface area contributed by atoms with Crippen LogP contribution in [0.3, 0.4) is 0 Å². The molecule has 0 rings (SSSR count). The summed E-state index contributed by atoms with van der Waals surface area (Å²) in [5.41, 5.74) is 4.97. The van der Waals surface area contributed by atoms with Gasteiger partial charge in [0.05, 0.1) is 19.6 Å². The highest BCUT2D eigenvalue weighted by atomic mass is 16.9. The third-order valence-corrected chi connectivity index (χ3v) is 2.43. The smallest absolute Gasteiger partial charge is 0.306 e. The number of hydrogen-bond acceptors (Lipinski definition) is 7. The van der Waals surface area contributed by atoms with E-state index in [0.29, 0.717) is 12.8 Å². The van der Waals surface area contributed by atoms with Gasteiger partial charge in [-0.2, -0.15) is 0 Å². The van der Waals surface area contributed by atoms with Crippen LogP contribution in [0.25, 0.3) is 0 Å². The fraction of sp³-hybridized carbons (Fsp3) is 0.727. The Kier molecular flexibility index (Phi) is 8.64. The molecule has 0 spiro atoms. The number of rotatable bonds is 11. The standard InChI is InChI=1S/C11H18N2O7/c1-8(14)9(6-10(12)15)7-11(16)19-4-2-3-5-20-13(17)18/h9H,2-7H2,1H3,(H2,12,15). The van der Waals surface area contributed by atoms with Crippen molar-refractivity contribution >= 4 is 17.7 Å². The van der Waals surface area contributed by atoms with Crippen molar-refractivity contribution in [2.24, 2.45) is 11.7 Å². The first-order valence-corrected chi connectivity index (χ1v) is 6.04. The summed E-state index contributed by atoms with van der Waals surface area (Å²) >= 11 is 0. The predicted molar refractivity (Wildman–Crippen MR) is 65.7 cm³/mol. The summed E-state index contributed by atoms with van der Waals surface area (Å²) in [6.45, 7) is 1.28. The van der Waals surface area contributed by atoms with Gasteiger partial charge in [-0.05, 0) is 19.8 Å². The summed E-state index contributed by atoms with van der Waals surface area (Å²) in [7, 11) is 0. The fourth-order valence-corrected chi connectivity index (χ4v) is 1.39. The van der Waals surface area contributed by atoms with Gasteiger partial charge in [-0.3, -0.25) is 14.4 Å². The van der Waals surface area contributed by atoms with Crippen LogP contribution >= 0.6 is 0 Å². The van der Waals surface area contributed by atoms with Gasteiger partial charge in [0.15, 0.2) is 0 Å². The second-order valence-corrected chi connectivity index (χ2v) is 4.17. The number of esters is 1. The molecule has 0 heterocycles. The molecule has 0 saturated carbocycles. The van der Waals surface area contributed by atoms with Gasteiger partial charge in [0.2, 0.25) is 5.91 Å². The lowest BCUT2D eigenvalue weighted by Gasteiger charge is -2.11. The van der Waals surface area contributed by atoms with Crippen molar-refractivity contribution in [3.63, 3.8) is 0 Å². The third kappa shape index (κ3) is 9.80. The topological polar surface area (TPSA) is 139 Å². The maximum absolute atomic E-state index is 11.4. The summed E-state index contributed by atoms with van der Waals surface area (Å²) in [5, 5.41) is 8.95. The number of Topliss-reactive ketones (excluding diaryl/α,β-unsaturated/α-hetero) is 1. The predicted octanol–water partition coefficient (Wildman–Crippen LogP) is -0.0112. The first-order valence-electron chi connectivity index (χ1n) is 6.04. The van der Waals surface area contributed by atoms with Crippen LogP contribution in [-0.2, 0) is 24.0 Å². The minimum Gasteiger partial charge on any atom is -0.466 e. The Morgan fingerprint density at radius 3 is 2.30 bits per heavy atom. The van der Waals surface area contributed by atoms with Crippen molar-refractivity contribution in [3.05, 3.63) is 10.1 Å². The number of nitrogens with zero attached hydrogens (tertiary/aromatic N) is 1. The molecule has 9 nitrogen and oxygen atoms in total. The first-order chi connectivity index (χ1) is 9.32. The first kappa shape index (κ1) is 17.8. The Hall–Kier alpha value is -2.19. The summed E-state index contributed by atoms with van der Waals surface area (Å²) in [6.07, 6.45) is 0.372. The van der Waals surface area contributed by atoms with Crippen molar-refractivity contribution in [2.45, 2.75) is 32.6 Å². The number of amides is 1. The number of unbranched alkanes of at least 4 members (excludes halogenated alkanes) is 1. The van der Waals surface area contributed by atoms with E-state index in [1.165, 1.54) is 6.92 Å². The molecule has 114 valence electrons. The van der Waals surface area contributed by atoms with Gasteiger partial charge < -0.3 is 15.3 Å². The lowest BCUT2D eigenvalue weighted by atomic mass is 9.97. The quantitative estimate of drug-likeness (QED) is 0.244. The van der Waals surface area contributed by atoms with Gasteiger partial charge >= 0.3 is 5.97 Å². The van der Waals surface area contributed by atoms with Crippen LogP contribution in [0.15, 0.2) is 0 Å². The van der Waals surface area contributed by atoms with Crippen molar-refractivity contribution < 1.29 is 29.0 Å². The van der Waals surface area contributed by atoms with E-state index in [1.54, 1.807) is 0 Å². The van der Waals surface area contributed by atoms with Crippen molar-refractivity contribution in [3.8, 4) is 0 Å². The van der Waals surface area contributed by atoms with E-state index in [4.69, 9.17) is 10.5 Å². The van der Waals surface area contributed by atoms with Crippen molar-refractivity contribution in [1.82, 2.24) is 0 Å². The number of ketones is 1. The molecule has 0 bridgehead atoms. The molecule has 0 aromatic heterocycles. The summed E-state index contributed by atoms with van der Waals surface area (Å²) in [4.78, 5) is 47.3. The van der Waals surface area contributed by atoms with E-state index >= 15 is 0 Å². The average Bonchev–Trinajstić information content (AvgIpc) is 2.31. The van der Waals surface area contributed by atoms with E-state index in [-0.39, 0.29) is 31.8 Å². The Morgan fingerprint density at radius 2 is 1.80 bits per heavy atom. The molecule has 0 aromatic rings.